The maximum Gasteiger partial charge on any atom is 0.232 e. The first-order valence-corrected chi connectivity index (χ1v) is 9.80. The molecule has 5 nitrogen and oxygen atoms in total. The summed E-state index contributed by atoms with van der Waals surface area (Å²) < 4.78 is 2.16. The number of aromatic nitrogens is 3. The molecule has 0 aliphatic carbocycles. The maximum atomic E-state index is 11.8. The van der Waals surface area contributed by atoms with Crippen molar-refractivity contribution in [2.45, 2.75) is 44.3 Å². The van der Waals surface area contributed by atoms with Gasteiger partial charge in [0.2, 0.25) is 5.91 Å². The van der Waals surface area contributed by atoms with Crippen LogP contribution in [-0.2, 0) is 11.3 Å². The summed E-state index contributed by atoms with van der Waals surface area (Å²) in [6, 6.07) is 4.09. The molecule has 0 atom stereocenters. The van der Waals surface area contributed by atoms with Crippen molar-refractivity contribution >= 4 is 29.0 Å². The van der Waals surface area contributed by atoms with E-state index < -0.39 is 0 Å². The van der Waals surface area contributed by atoms with Gasteiger partial charge < -0.3 is 9.47 Å². The molecule has 0 saturated heterocycles. The van der Waals surface area contributed by atoms with Gasteiger partial charge in [-0.05, 0) is 17.9 Å². The molecule has 0 saturated carbocycles. The van der Waals surface area contributed by atoms with Crippen LogP contribution in [0.15, 0.2) is 22.7 Å². The Morgan fingerprint density at radius 1 is 1.30 bits per heavy atom. The molecule has 0 N–H and O–H groups in total. The highest BCUT2D eigenvalue weighted by Crippen LogP contribution is 2.27. The van der Waals surface area contributed by atoms with E-state index in [-0.39, 0.29) is 5.91 Å². The van der Waals surface area contributed by atoms with Crippen molar-refractivity contribution in [2.75, 3.05) is 19.8 Å². The van der Waals surface area contributed by atoms with Gasteiger partial charge in [0, 0.05) is 20.6 Å². The van der Waals surface area contributed by atoms with E-state index in [1.807, 2.05) is 11.4 Å². The summed E-state index contributed by atoms with van der Waals surface area (Å²) in [4.78, 5) is 14.5. The molecule has 0 bridgehead atoms. The standard InChI is InChI=1S/C16H24N4OS2/c1-4-5-6-7-10-20-15(13-9-8-11-22-13)17-18-16(20)23-12-14(21)19(2)3/h8-9,11H,4-7,10,12H2,1-3H3. The van der Waals surface area contributed by atoms with Gasteiger partial charge >= 0.3 is 0 Å². The normalized spacial score (nSPS) is 10.9. The van der Waals surface area contributed by atoms with Gasteiger partial charge in [-0.15, -0.1) is 21.5 Å². The number of rotatable bonds is 9. The fourth-order valence-corrected chi connectivity index (χ4v) is 3.80. The largest absolute Gasteiger partial charge is 0.348 e. The van der Waals surface area contributed by atoms with E-state index in [1.54, 1.807) is 30.3 Å². The minimum Gasteiger partial charge on any atom is -0.348 e. The van der Waals surface area contributed by atoms with Crippen molar-refractivity contribution in [2.24, 2.45) is 0 Å². The zero-order chi connectivity index (χ0) is 16.7. The Labute approximate surface area is 146 Å². The summed E-state index contributed by atoms with van der Waals surface area (Å²) in [5.41, 5.74) is 0. The number of unbranched alkanes of at least 4 members (excludes halogenated alkanes) is 3. The molecule has 0 radical (unpaired) electrons. The van der Waals surface area contributed by atoms with Crippen LogP contribution in [0.1, 0.15) is 32.6 Å². The van der Waals surface area contributed by atoms with Crippen molar-refractivity contribution < 1.29 is 4.79 Å². The summed E-state index contributed by atoms with van der Waals surface area (Å²) in [7, 11) is 3.55. The predicted molar refractivity (Wildman–Crippen MR) is 96.9 cm³/mol. The van der Waals surface area contributed by atoms with Crippen molar-refractivity contribution in [1.29, 1.82) is 0 Å². The number of thioether (sulfide) groups is 1. The third-order valence-corrected chi connectivity index (χ3v) is 5.33. The molecule has 0 unspecified atom stereocenters. The van der Waals surface area contributed by atoms with Gasteiger partial charge in [0.15, 0.2) is 11.0 Å². The highest BCUT2D eigenvalue weighted by molar-refractivity contribution is 7.99. The first kappa shape index (κ1) is 18.0. The van der Waals surface area contributed by atoms with Gasteiger partial charge in [0.1, 0.15) is 0 Å². The van der Waals surface area contributed by atoms with Gasteiger partial charge in [-0.25, -0.2) is 0 Å². The second kappa shape index (κ2) is 9.08. The molecule has 0 fully saturated rings. The number of hydrogen-bond acceptors (Lipinski definition) is 5. The van der Waals surface area contributed by atoms with E-state index in [0.717, 1.165) is 28.8 Å². The Balaban J connectivity index is 2.12. The lowest BCUT2D eigenvalue weighted by molar-refractivity contribution is -0.125. The van der Waals surface area contributed by atoms with E-state index in [1.165, 1.54) is 31.0 Å². The van der Waals surface area contributed by atoms with Crippen LogP contribution in [0.2, 0.25) is 0 Å². The summed E-state index contributed by atoms with van der Waals surface area (Å²) in [5, 5.41) is 11.6. The number of hydrogen-bond donors (Lipinski definition) is 0. The molecule has 2 aromatic rings. The topological polar surface area (TPSA) is 51.0 Å². The third kappa shape index (κ3) is 5.07. The number of amides is 1. The highest BCUT2D eigenvalue weighted by atomic mass is 32.2. The third-order valence-electron chi connectivity index (χ3n) is 3.52. The minimum absolute atomic E-state index is 0.0909. The molecule has 1 amide bonds. The molecule has 2 heterocycles. The van der Waals surface area contributed by atoms with Crippen LogP contribution in [0.3, 0.4) is 0 Å². The molecule has 2 rings (SSSR count). The molecule has 0 spiro atoms. The van der Waals surface area contributed by atoms with Crippen LogP contribution in [-0.4, -0.2) is 45.4 Å². The molecule has 23 heavy (non-hydrogen) atoms. The minimum atomic E-state index is 0.0909. The number of thiophene rings is 1. The Morgan fingerprint density at radius 2 is 2.13 bits per heavy atom. The Hall–Kier alpha value is -1.34. The first-order chi connectivity index (χ1) is 11.1. The van der Waals surface area contributed by atoms with E-state index in [2.05, 4.69) is 27.8 Å². The van der Waals surface area contributed by atoms with Gasteiger partial charge in [0.25, 0.3) is 0 Å². The zero-order valence-electron chi connectivity index (χ0n) is 14.0. The zero-order valence-corrected chi connectivity index (χ0v) is 15.6. The van der Waals surface area contributed by atoms with Gasteiger partial charge in [-0.2, -0.15) is 0 Å². The molecule has 0 aliphatic rings. The van der Waals surface area contributed by atoms with E-state index >= 15 is 0 Å². The number of carbonyl (C=O) groups is 1. The quantitative estimate of drug-likeness (QED) is 0.509. The van der Waals surface area contributed by atoms with Gasteiger partial charge in [-0.1, -0.05) is 44.0 Å². The number of carbonyl (C=O) groups excluding carboxylic acids is 1. The maximum absolute atomic E-state index is 11.8. The average molecular weight is 353 g/mol. The van der Waals surface area contributed by atoms with Gasteiger partial charge in [0.05, 0.1) is 10.6 Å². The monoisotopic (exact) mass is 352 g/mol. The van der Waals surface area contributed by atoms with E-state index in [9.17, 15) is 4.79 Å². The van der Waals surface area contributed by atoms with Crippen LogP contribution in [0.5, 0.6) is 0 Å². The Kier molecular flexibility index (Phi) is 7.11. The number of nitrogens with zero attached hydrogens (tertiary/aromatic N) is 4. The van der Waals surface area contributed by atoms with E-state index in [4.69, 9.17) is 0 Å². The molecule has 126 valence electrons. The molecule has 2 aromatic heterocycles. The Bertz CT molecular complexity index is 608. The lowest BCUT2D eigenvalue weighted by Crippen LogP contribution is -2.23. The second-order valence-corrected chi connectivity index (χ2v) is 7.46. The molecule has 7 heteroatoms. The molecular weight excluding hydrogens is 328 g/mol. The summed E-state index contributed by atoms with van der Waals surface area (Å²) in [6.45, 7) is 3.11. The van der Waals surface area contributed by atoms with Crippen LogP contribution in [0.25, 0.3) is 10.7 Å². The highest BCUT2D eigenvalue weighted by Gasteiger charge is 2.16. The molecule has 0 aromatic carbocycles. The van der Waals surface area contributed by atoms with Crippen molar-refractivity contribution in [3.8, 4) is 10.7 Å². The van der Waals surface area contributed by atoms with Gasteiger partial charge in [-0.3, -0.25) is 4.79 Å². The molecular formula is C16H24N4OS2. The Morgan fingerprint density at radius 3 is 2.78 bits per heavy atom. The smallest absolute Gasteiger partial charge is 0.232 e. The average Bonchev–Trinajstić information content (AvgIpc) is 3.18. The van der Waals surface area contributed by atoms with Crippen LogP contribution in [0, 0.1) is 0 Å². The fourth-order valence-electron chi connectivity index (χ4n) is 2.14. The molecule has 0 aliphatic heterocycles. The van der Waals surface area contributed by atoms with Crippen molar-refractivity contribution in [3.63, 3.8) is 0 Å². The lowest BCUT2D eigenvalue weighted by Gasteiger charge is -2.11. The first-order valence-electron chi connectivity index (χ1n) is 7.93. The predicted octanol–water partition coefficient (Wildman–Crippen LogP) is 3.77. The van der Waals surface area contributed by atoms with Crippen LogP contribution in [0.4, 0.5) is 0 Å². The summed E-state index contributed by atoms with van der Waals surface area (Å²) in [6.07, 6.45) is 4.79. The second-order valence-electron chi connectivity index (χ2n) is 5.57. The van der Waals surface area contributed by atoms with Crippen molar-refractivity contribution in [3.05, 3.63) is 17.5 Å². The SMILES string of the molecule is CCCCCCn1c(SCC(=O)N(C)C)nnc1-c1cccs1. The summed E-state index contributed by atoms with van der Waals surface area (Å²) in [5.74, 6) is 1.40. The van der Waals surface area contributed by atoms with Crippen LogP contribution >= 0.6 is 23.1 Å². The summed E-state index contributed by atoms with van der Waals surface area (Å²) >= 11 is 3.14. The van der Waals surface area contributed by atoms with E-state index in [0.29, 0.717) is 5.75 Å². The van der Waals surface area contributed by atoms with Crippen LogP contribution < -0.4 is 0 Å². The fraction of sp³-hybridized carbons (Fsp3) is 0.562. The lowest BCUT2D eigenvalue weighted by atomic mass is 10.2. The van der Waals surface area contributed by atoms with Crippen molar-refractivity contribution in [1.82, 2.24) is 19.7 Å².